The second kappa shape index (κ2) is 4.73. The zero-order valence-electron chi connectivity index (χ0n) is 12.8. The van der Waals surface area contributed by atoms with Crippen molar-refractivity contribution in [2.24, 2.45) is 0 Å². The Morgan fingerprint density at radius 3 is 2.24 bits per heavy atom. The number of hydrogen-bond acceptors (Lipinski definition) is 1. The minimum Gasteiger partial charge on any atom is -0.309 e. The first kappa shape index (κ1) is 13.9. The number of anilines is 1. The highest BCUT2D eigenvalue weighted by Crippen LogP contribution is 2.49. The van der Waals surface area contributed by atoms with Crippen molar-refractivity contribution in [1.29, 1.82) is 0 Å². The molecule has 0 spiro atoms. The van der Waals surface area contributed by atoms with Crippen LogP contribution in [0.1, 0.15) is 38.3 Å². The zero-order valence-corrected chi connectivity index (χ0v) is 12.8. The Kier molecular flexibility index (Phi) is 3.12. The average molecular weight is 279 g/mol. The first-order valence-corrected chi connectivity index (χ1v) is 7.39. The number of fused-ring (bicyclic) bond motifs is 1. The number of hydrogen-bond donors (Lipinski definition) is 0. The van der Waals surface area contributed by atoms with Gasteiger partial charge in [-0.2, -0.15) is 0 Å². The van der Waals surface area contributed by atoms with Gasteiger partial charge in [-0.1, -0.05) is 55.5 Å². The maximum absolute atomic E-state index is 11.6. The standard InChI is InChI=1S/C19H21NO/c1-18(2)13-19(3,15-9-5-4-6-10-15)16-11-7-8-12-17(16)20(18)14-21/h4-12,14H,13H2,1-3H3/t19-/m1/s1. The molecule has 0 aromatic heterocycles. The van der Waals surface area contributed by atoms with Gasteiger partial charge in [0.15, 0.2) is 0 Å². The maximum Gasteiger partial charge on any atom is 0.214 e. The Balaban J connectivity index is 2.26. The first-order chi connectivity index (χ1) is 9.99. The Hall–Kier alpha value is -2.09. The van der Waals surface area contributed by atoms with Gasteiger partial charge in [0, 0.05) is 16.6 Å². The van der Waals surface area contributed by atoms with Crippen molar-refractivity contribution in [1.82, 2.24) is 0 Å². The molecule has 2 aromatic carbocycles. The number of amides is 1. The molecule has 2 heteroatoms. The van der Waals surface area contributed by atoms with Crippen LogP contribution in [-0.2, 0) is 10.2 Å². The molecule has 2 nitrogen and oxygen atoms in total. The molecule has 1 amide bonds. The van der Waals surface area contributed by atoms with Crippen LogP contribution in [0.4, 0.5) is 5.69 Å². The van der Waals surface area contributed by atoms with Gasteiger partial charge < -0.3 is 4.90 Å². The quantitative estimate of drug-likeness (QED) is 0.757. The highest BCUT2D eigenvalue weighted by atomic mass is 16.1. The lowest BCUT2D eigenvalue weighted by Gasteiger charge is -2.50. The van der Waals surface area contributed by atoms with Crippen LogP contribution >= 0.6 is 0 Å². The monoisotopic (exact) mass is 279 g/mol. The van der Waals surface area contributed by atoms with Crippen LogP contribution in [0.25, 0.3) is 0 Å². The lowest BCUT2D eigenvalue weighted by Crippen LogP contribution is -2.52. The van der Waals surface area contributed by atoms with E-state index in [0.29, 0.717) is 0 Å². The lowest BCUT2D eigenvalue weighted by atomic mass is 9.65. The second-order valence-corrected chi connectivity index (χ2v) is 6.68. The van der Waals surface area contributed by atoms with Gasteiger partial charge in [0.05, 0.1) is 0 Å². The number of carbonyl (C=O) groups excluding carboxylic acids is 1. The van der Waals surface area contributed by atoms with Crippen molar-refractivity contribution in [3.8, 4) is 0 Å². The number of carbonyl (C=O) groups is 1. The van der Waals surface area contributed by atoms with Gasteiger partial charge in [0.1, 0.15) is 0 Å². The summed E-state index contributed by atoms with van der Waals surface area (Å²) in [5.41, 5.74) is 3.26. The topological polar surface area (TPSA) is 20.3 Å². The largest absolute Gasteiger partial charge is 0.309 e. The first-order valence-electron chi connectivity index (χ1n) is 7.39. The molecule has 0 bridgehead atoms. The third-order valence-corrected chi connectivity index (χ3v) is 4.71. The summed E-state index contributed by atoms with van der Waals surface area (Å²) in [6, 6.07) is 18.8. The SMILES string of the molecule is CC1(C)C[C@](C)(c2ccccc2)c2ccccc2N1C=O. The molecule has 2 aromatic rings. The summed E-state index contributed by atoms with van der Waals surface area (Å²) in [4.78, 5) is 13.5. The van der Waals surface area contributed by atoms with Crippen LogP contribution in [0.15, 0.2) is 54.6 Å². The fourth-order valence-electron chi connectivity index (χ4n) is 3.79. The molecule has 0 saturated heterocycles. The lowest BCUT2D eigenvalue weighted by molar-refractivity contribution is -0.108. The minimum atomic E-state index is -0.208. The molecule has 3 rings (SSSR count). The Morgan fingerprint density at radius 1 is 0.952 bits per heavy atom. The van der Waals surface area contributed by atoms with Gasteiger partial charge in [-0.25, -0.2) is 0 Å². The number of nitrogens with zero attached hydrogens (tertiary/aromatic N) is 1. The molecule has 0 fully saturated rings. The van der Waals surface area contributed by atoms with Crippen molar-refractivity contribution in [2.75, 3.05) is 4.90 Å². The molecule has 0 saturated carbocycles. The molecule has 0 unspecified atom stereocenters. The number of para-hydroxylation sites is 1. The van der Waals surface area contributed by atoms with E-state index in [4.69, 9.17) is 0 Å². The van der Waals surface area contributed by atoms with Crippen molar-refractivity contribution >= 4 is 12.1 Å². The number of rotatable bonds is 2. The normalized spacial score (nSPS) is 23.5. The summed E-state index contributed by atoms with van der Waals surface area (Å²) in [6.45, 7) is 6.56. The fourth-order valence-corrected chi connectivity index (χ4v) is 3.79. The number of benzene rings is 2. The Bertz CT molecular complexity index is 662. The van der Waals surface area contributed by atoms with E-state index in [1.807, 2.05) is 23.1 Å². The van der Waals surface area contributed by atoms with E-state index >= 15 is 0 Å². The predicted octanol–water partition coefficient (Wildman–Crippen LogP) is 4.14. The molecule has 21 heavy (non-hydrogen) atoms. The fraction of sp³-hybridized carbons (Fsp3) is 0.316. The predicted molar refractivity (Wildman–Crippen MR) is 86.6 cm³/mol. The maximum atomic E-state index is 11.6. The Morgan fingerprint density at radius 2 is 1.57 bits per heavy atom. The van der Waals surface area contributed by atoms with Crippen LogP contribution in [0, 0.1) is 0 Å². The molecule has 1 atom stereocenters. The average Bonchev–Trinajstić information content (AvgIpc) is 2.48. The van der Waals surface area contributed by atoms with E-state index in [2.05, 4.69) is 57.2 Å². The van der Waals surface area contributed by atoms with Crippen LogP contribution in [0.5, 0.6) is 0 Å². The van der Waals surface area contributed by atoms with Gasteiger partial charge in [-0.05, 0) is 37.5 Å². The Labute approximate surface area is 126 Å². The zero-order chi connectivity index (χ0) is 15.1. The molecule has 0 aliphatic carbocycles. The summed E-state index contributed by atoms with van der Waals surface area (Å²) in [5.74, 6) is 0. The highest BCUT2D eigenvalue weighted by Gasteiger charge is 2.45. The molecule has 1 aliphatic heterocycles. The van der Waals surface area contributed by atoms with Gasteiger partial charge in [-0.15, -0.1) is 0 Å². The third-order valence-electron chi connectivity index (χ3n) is 4.71. The summed E-state index contributed by atoms with van der Waals surface area (Å²) in [5, 5.41) is 0. The molecular formula is C19H21NO. The highest BCUT2D eigenvalue weighted by molar-refractivity contribution is 5.82. The van der Waals surface area contributed by atoms with E-state index < -0.39 is 0 Å². The molecule has 1 heterocycles. The van der Waals surface area contributed by atoms with Gasteiger partial charge in [-0.3, -0.25) is 4.79 Å². The van der Waals surface area contributed by atoms with Crippen LogP contribution in [0.3, 0.4) is 0 Å². The van der Waals surface area contributed by atoms with Gasteiger partial charge >= 0.3 is 0 Å². The van der Waals surface area contributed by atoms with E-state index in [1.54, 1.807) is 0 Å². The van der Waals surface area contributed by atoms with Crippen molar-refractivity contribution in [3.05, 3.63) is 65.7 Å². The van der Waals surface area contributed by atoms with E-state index in [1.165, 1.54) is 11.1 Å². The second-order valence-electron chi connectivity index (χ2n) is 6.68. The smallest absolute Gasteiger partial charge is 0.214 e. The van der Waals surface area contributed by atoms with E-state index in [-0.39, 0.29) is 11.0 Å². The summed E-state index contributed by atoms with van der Waals surface area (Å²) in [7, 11) is 0. The third kappa shape index (κ3) is 2.06. The van der Waals surface area contributed by atoms with Crippen molar-refractivity contribution in [2.45, 2.75) is 38.1 Å². The molecule has 108 valence electrons. The summed E-state index contributed by atoms with van der Waals surface area (Å²) in [6.07, 6.45) is 1.86. The van der Waals surface area contributed by atoms with Crippen molar-refractivity contribution in [3.63, 3.8) is 0 Å². The van der Waals surface area contributed by atoms with Crippen molar-refractivity contribution < 1.29 is 4.79 Å². The van der Waals surface area contributed by atoms with Gasteiger partial charge in [0.2, 0.25) is 6.41 Å². The van der Waals surface area contributed by atoms with Crippen LogP contribution in [-0.4, -0.2) is 11.9 Å². The molecular weight excluding hydrogens is 258 g/mol. The molecule has 0 N–H and O–H groups in total. The molecule has 0 radical (unpaired) electrons. The van der Waals surface area contributed by atoms with E-state index in [0.717, 1.165) is 18.5 Å². The van der Waals surface area contributed by atoms with Crippen LogP contribution in [0.2, 0.25) is 0 Å². The van der Waals surface area contributed by atoms with E-state index in [9.17, 15) is 4.79 Å². The van der Waals surface area contributed by atoms with Crippen LogP contribution < -0.4 is 4.90 Å². The summed E-state index contributed by atoms with van der Waals surface area (Å²) < 4.78 is 0. The minimum absolute atomic E-state index is 0.0825. The summed E-state index contributed by atoms with van der Waals surface area (Å²) >= 11 is 0. The molecule has 1 aliphatic rings. The van der Waals surface area contributed by atoms with Gasteiger partial charge in [0.25, 0.3) is 0 Å².